The van der Waals surface area contributed by atoms with Crippen molar-refractivity contribution in [2.24, 2.45) is 0 Å². The third-order valence-electron chi connectivity index (χ3n) is 2.37. The topological polar surface area (TPSA) is 0 Å². The molecule has 1 aromatic carbocycles. The van der Waals surface area contributed by atoms with Gasteiger partial charge in [-0.1, -0.05) is 37.7 Å². The van der Waals surface area contributed by atoms with Crippen molar-refractivity contribution in [3.8, 4) is 0 Å². The Kier molecular flexibility index (Phi) is 23.0. The number of halogens is 2. The van der Waals surface area contributed by atoms with E-state index >= 15 is 0 Å². The van der Waals surface area contributed by atoms with E-state index in [9.17, 15) is 0 Å². The molecule has 0 saturated carbocycles. The summed E-state index contributed by atoms with van der Waals surface area (Å²) in [6.45, 7) is 4.42. The Bertz CT molecular complexity index is 455. The molecule has 0 aromatic heterocycles. The molecule has 0 bridgehead atoms. The average molecular weight is 517 g/mol. The van der Waals surface area contributed by atoms with Crippen molar-refractivity contribution in [3.05, 3.63) is 78.4 Å². The minimum absolute atomic E-state index is 0. The maximum absolute atomic E-state index is 3.28. The van der Waals surface area contributed by atoms with Crippen LogP contribution in [0.15, 0.2) is 60.7 Å². The summed E-state index contributed by atoms with van der Waals surface area (Å²) in [7, 11) is 0.750. The van der Waals surface area contributed by atoms with E-state index in [-0.39, 0.29) is 50.7 Å². The molecule has 0 spiro atoms. The summed E-state index contributed by atoms with van der Waals surface area (Å²) in [5.74, 6) is 0. The van der Waals surface area contributed by atoms with Gasteiger partial charge in [-0.25, -0.2) is 12.2 Å². The van der Waals surface area contributed by atoms with Gasteiger partial charge in [0.05, 0.1) is 0 Å². The van der Waals surface area contributed by atoms with E-state index in [0.29, 0.717) is 0 Å². The van der Waals surface area contributed by atoms with Crippen molar-refractivity contribution >= 4 is 39.9 Å². The van der Waals surface area contributed by atoms with E-state index in [1.54, 1.807) is 0 Å². The molecule has 0 aliphatic heterocycles. The zero-order chi connectivity index (χ0) is 13.8. The zero-order valence-electron chi connectivity index (χ0n) is 13.1. The van der Waals surface area contributed by atoms with E-state index in [2.05, 4.69) is 67.7 Å². The van der Waals surface area contributed by atoms with Gasteiger partial charge in [-0.05, 0) is 0 Å². The second kappa shape index (κ2) is 18.9. The van der Waals surface area contributed by atoms with Crippen molar-refractivity contribution in [1.29, 1.82) is 0 Å². The molecule has 0 fully saturated rings. The average Bonchev–Trinajstić information content (AvgIpc) is 3.17. The Hall–Kier alpha value is -0.153. The largest absolute Gasteiger partial charge is 0.273 e. The van der Waals surface area contributed by atoms with Crippen LogP contribution in [0.4, 0.5) is 0 Å². The van der Waals surface area contributed by atoms with Gasteiger partial charge in [-0.3, -0.25) is 6.08 Å². The van der Waals surface area contributed by atoms with Gasteiger partial charge in [0, 0.05) is 35.4 Å². The molecule has 1 aromatic rings. The summed E-state index contributed by atoms with van der Waals surface area (Å²) in [4.78, 5) is 0. The Morgan fingerprint density at radius 2 is 1.59 bits per heavy atom. The molecule has 119 valence electrons. The first-order valence-corrected chi connectivity index (χ1v) is 8.98. The molecule has 3 rings (SSSR count). The van der Waals surface area contributed by atoms with Crippen LogP contribution in [0.5, 0.6) is 0 Å². The first kappa shape index (κ1) is 26.7. The molecule has 1 radical (unpaired) electrons. The standard InChI is InChI=1S/C11H9.C5H5.C2H7Si.2ClH.Hf/c1-2-6-10(7-3-1)11-8-4-5-9-11;1-2-4-5-3-1;1-3-2;;;/h1-4,6-8H,5H2;1-3H,4H2;3H,1-2H3;2*1H;/q2*-1;;;;. The summed E-state index contributed by atoms with van der Waals surface area (Å²) in [6.07, 6.45) is 18.5. The van der Waals surface area contributed by atoms with E-state index in [4.69, 9.17) is 0 Å². The van der Waals surface area contributed by atoms with Gasteiger partial charge in [0.2, 0.25) is 0 Å². The fourth-order valence-electron chi connectivity index (χ4n) is 1.56. The maximum atomic E-state index is 3.28. The molecule has 0 atom stereocenters. The Balaban J connectivity index is -0.000000283. The summed E-state index contributed by atoms with van der Waals surface area (Å²) in [5, 5.41) is 0. The molecule has 0 heterocycles. The monoisotopic (exact) mass is 517 g/mol. The van der Waals surface area contributed by atoms with Gasteiger partial charge in [0.15, 0.2) is 0 Å². The minimum Gasteiger partial charge on any atom is -0.273 e. The zero-order valence-corrected chi connectivity index (χ0v) is 19.5. The Labute approximate surface area is 169 Å². The van der Waals surface area contributed by atoms with Crippen LogP contribution in [0, 0.1) is 12.2 Å². The van der Waals surface area contributed by atoms with Crippen LogP contribution >= 0.6 is 24.8 Å². The number of rotatable bonds is 1. The summed E-state index contributed by atoms with van der Waals surface area (Å²) in [5.41, 5.74) is 2.49. The second-order valence-corrected chi connectivity index (χ2v) is 5.30. The van der Waals surface area contributed by atoms with Crippen molar-refractivity contribution in [1.82, 2.24) is 0 Å². The summed E-state index contributed by atoms with van der Waals surface area (Å²) >= 11 is 0. The second-order valence-electron chi connectivity index (χ2n) is 4.14. The molecule has 0 amide bonds. The van der Waals surface area contributed by atoms with Crippen molar-refractivity contribution in [2.75, 3.05) is 0 Å². The molecule has 22 heavy (non-hydrogen) atoms. The van der Waals surface area contributed by atoms with Crippen LogP contribution in [0.3, 0.4) is 0 Å². The number of hydrogen-bond donors (Lipinski definition) is 0. The fourth-order valence-corrected chi connectivity index (χ4v) is 1.56. The first-order valence-electron chi connectivity index (χ1n) is 6.67. The minimum atomic E-state index is 0. The van der Waals surface area contributed by atoms with Gasteiger partial charge in [-0.15, -0.1) is 55.0 Å². The van der Waals surface area contributed by atoms with Crippen LogP contribution in [0.25, 0.3) is 5.57 Å². The molecule has 4 heteroatoms. The normalized spacial score (nSPS) is 12.4. The van der Waals surface area contributed by atoms with E-state index < -0.39 is 0 Å². The van der Waals surface area contributed by atoms with Gasteiger partial charge in [-0.2, -0.15) is 23.8 Å². The third-order valence-corrected chi connectivity index (χ3v) is 2.37. The summed E-state index contributed by atoms with van der Waals surface area (Å²) < 4.78 is 0. The van der Waals surface area contributed by atoms with Crippen LogP contribution in [0.2, 0.25) is 13.1 Å². The van der Waals surface area contributed by atoms with Gasteiger partial charge in [0.25, 0.3) is 0 Å². The fraction of sp³-hybridized carbons (Fsp3) is 0.222. The Morgan fingerprint density at radius 1 is 0.955 bits per heavy atom. The molecule has 0 saturated heterocycles. The van der Waals surface area contributed by atoms with Crippen LogP contribution in [-0.2, 0) is 25.8 Å². The van der Waals surface area contributed by atoms with E-state index in [0.717, 1.165) is 22.4 Å². The molecular formula is C18H23Cl2HfSi-2. The number of hydrogen-bond acceptors (Lipinski definition) is 0. The number of benzene rings is 1. The first-order chi connectivity index (χ1) is 9.38. The molecule has 0 unspecified atom stereocenters. The number of allylic oxidation sites excluding steroid dienone is 8. The SMILES string of the molecule is C[SiH]C.Cl.Cl.[C-]1=C(c2ccccc2)C=CC1.[C-]1=CC=CC1.[Hf]. The van der Waals surface area contributed by atoms with Crippen LogP contribution < -0.4 is 0 Å². The molecule has 0 N–H and O–H groups in total. The van der Waals surface area contributed by atoms with Crippen LogP contribution in [-0.4, -0.2) is 9.52 Å². The van der Waals surface area contributed by atoms with Crippen molar-refractivity contribution in [2.45, 2.75) is 25.9 Å². The van der Waals surface area contributed by atoms with Crippen molar-refractivity contribution < 1.29 is 25.8 Å². The van der Waals surface area contributed by atoms with E-state index in [1.807, 2.05) is 18.2 Å². The smallest absolute Gasteiger partial charge is 0.0213 e. The Morgan fingerprint density at radius 3 is 1.95 bits per heavy atom. The maximum Gasteiger partial charge on any atom is 0.0213 e. The van der Waals surface area contributed by atoms with Gasteiger partial charge < -0.3 is 0 Å². The molecular weight excluding hydrogens is 494 g/mol. The summed E-state index contributed by atoms with van der Waals surface area (Å²) in [6, 6.07) is 10.4. The van der Waals surface area contributed by atoms with Gasteiger partial charge >= 0.3 is 0 Å². The molecule has 2 aliphatic rings. The van der Waals surface area contributed by atoms with Gasteiger partial charge in [0.1, 0.15) is 0 Å². The predicted octanol–water partition coefficient (Wildman–Crippen LogP) is 5.50. The van der Waals surface area contributed by atoms with Crippen LogP contribution in [0.1, 0.15) is 18.4 Å². The van der Waals surface area contributed by atoms with E-state index in [1.165, 1.54) is 11.1 Å². The third kappa shape index (κ3) is 12.4. The predicted molar refractivity (Wildman–Crippen MR) is 102 cm³/mol. The van der Waals surface area contributed by atoms with Crippen molar-refractivity contribution in [3.63, 3.8) is 0 Å². The molecule has 2 aliphatic carbocycles. The molecule has 0 nitrogen and oxygen atoms in total. The quantitative estimate of drug-likeness (QED) is 0.342.